The second kappa shape index (κ2) is 5.56. The van der Waals surface area contributed by atoms with Gasteiger partial charge in [0.1, 0.15) is 6.10 Å². The van der Waals surface area contributed by atoms with Crippen molar-refractivity contribution in [1.82, 2.24) is 20.4 Å². The van der Waals surface area contributed by atoms with E-state index in [9.17, 15) is 0 Å². The molecule has 2 aliphatic rings. The van der Waals surface area contributed by atoms with E-state index in [0.29, 0.717) is 11.8 Å². The number of nitrogens with one attached hydrogen (secondary N) is 1. The molecule has 1 aromatic heterocycles. The first-order valence-corrected chi connectivity index (χ1v) is 7.10. The van der Waals surface area contributed by atoms with Crippen molar-refractivity contribution in [3.05, 3.63) is 11.8 Å². The molecule has 3 rings (SSSR count). The van der Waals surface area contributed by atoms with Crippen molar-refractivity contribution in [2.24, 2.45) is 0 Å². The molecule has 3 heterocycles. The summed E-state index contributed by atoms with van der Waals surface area (Å²) in [5, 5.41) is 11.7. The van der Waals surface area contributed by atoms with E-state index in [1.54, 1.807) is 0 Å². The maximum absolute atomic E-state index is 5.84. The molecule has 0 spiro atoms. The molecular formula is C13H22N4O2. The quantitative estimate of drug-likeness (QED) is 0.859. The lowest BCUT2D eigenvalue weighted by atomic mass is 9.97. The fourth-order valence-electron chi connectivity index (χ4n) is 2.74. The second-order valence-electron chi connectivity index (χ2n) is 5.65. The molecule has 0 unspecified atom stereocenters. The van der Waals surface area contributed by atoms with Gasteiger partial charge in [0.25, 0.3) is 0 Å². The Morgan fingerprint density at radius 3 is 2.63 bits per heavy atom. The Kier molecular flexibility index (Phi) is 3.81. The Bertz CT molecular complexity index is 415. The highest BCUT2D eigenvalue weighted by atomic mass is 16.5. The van der Waals surface area contributed by atoms with Crippen LogP contribution in [0.4, 0.5) is 0 Å². The first kappa shape index (κ1) is 13.0. The molecule has 106 valence electrons. The second-order valence-corrected chi connectivity index (χ2v) is 5.65. The van der Waals surface area contributed by atoms with E-state index in [4.69, 9.17) is 9.15 Å². The van der Waals surface area contributed by atoms with Crippen LogP contribution in [0.5, 0.6) is 0 Å². The third-order valence-corrected chi connectivity index (χ3v) is 3.96. The summed E-state index contributed by atoms with van der Waals surface area (Å²) in [4.78, 5) is 2.34. The number of piperidine rings is 1. The zero-order valence-electron chi connectivity index (χ0n) is 11.6. The maximum Gasteiger partial charge on any atom is 0.246 e. The lowest BCUT2D eigenvalue weighted by molar-refractivity contribution is -0.0423. The summed E-state index contributed by atoms with van der Waals surface area (Å²) in [5.41, 5.74) is 0. The first-order chi connectivity index (χ1) is 9.22. The molecule has 1 aromatic rings. The number of ether oxygens (including phenoxy) is 1. The predicted molar refractivity (Wildman–Crippen MR) is 69.9 cm³/mol. The minimum absolute atomic E-state index is 0.101. The van der Waals surface area contributed by atoms with Crippen molar-refractivity contribution in [1.29, 1.82) is 0 Å². The van der Waals surface area contributed by atoms with Gasteiger partial charge < -0.3 is 19.4 Å². The van der Waals surface area contributed by atoms with Gasteiger partial charge in [0.05, 0.1) is 6.10 Å². The molecule has 0 bridgehead atoms. The SMILES string of the molecule is C[C@H]1CNC[C@@H](c2nnc(C3CCN(C)CC3)o2)O1. The van der Waals surface area contributed by atoms with Crippen LogP contribution in [0.25, 0.3) is 0 Å². The molecule has 2 saturated heterocycles. The molecule has 2 fully saturated rings. The van der Waals surface area contributed by atoms with Gasteiger partial charge in [-0.05, 0) is 39.9 Å². The zero-order valence-corrected chi connectivity index (χ0v) is 11.6. The standard InChI is InChI=1S/C13H22N4O2/c1-9-7-14-8-11(18-9)13-16-15-12(19-13)10-3-5-17(2)6-4-10/h9-11,14H,3-8H2,1-2H3/t9-,11-/m0/s1. The Hall–Kier alpha value is -0.980. The van der Waals surface area contributed by atoms with Crippen molar-refractivity contribution in [3.8, 4) is 0 Å². The van der Waals surface area contributed by atoms with E-state index in [0.717, 1.165) is 44.9 Å². The van der Waals surface area contributed by atoms with E-state index in [2.05, 4.69) is 27.5 Å². The third-order valence-electron chi connectivity index (χ3n) is 3.96. The summed E-state index contributed by atoms with van der Waals surface area (Å²) < 4.78 is 11.7. The lowest BCUT2D eigenvalue weighted by Crippen LogP contribution is -2.39. The maximum atomic E-state index is 5.84. The molecule has 19 heavy (non-hydrogen) atoms. The number of rotatable bonds is 2. The topological polar surface area (TPSA) is 63.4 Å². The fraction of sp³-hybridized carbons (Fsp3) is 0.846. The van der Waals surface area contributed by atoms with E-state index in [1.807, 2.05) is 6.92 Å². The Morgan fingerprint density at radius 1 is 1.16 bits per heavy atom. The average Bonchev–Trinajstić information content (AvgIpc) is 2.89. The van der Waals surface area contributed by atoms with Crippen LogP contribution in [0, 0.1) is 0 Å². The van der Waals surface area contributed by atoms with Crippen molar-refractivity contribution in [2.45, 2.75) is 37.9 Å². The molecule has 6 nitrogen and oxygen atoms in total. The number of hydrogen-bond acceptors (Lipinski definition) is 6. The van der Waals surface area contributed by atoms with Crippen LogP contribution in [0.15, 0.2) is 4.42 Å². The van der Waals surface area contributed by atoms with E-state index in [-0.39, 0.29) is 12.2 Å². The summed E-state index contributed by atoms with van der Waals surface area (Å²) in [6.07, 6.45) is 2.28. The summed E-state index contributed by atoms with van der Waals surface area (Å²) in [6.45, 7) is 5.88. The van der Waals surface area contributed by atoms with E-state index in [1.165, 1.54) is 0 Å². The summed E-state index contributed by atoms with van der Waals surface area (Å²) >= 11 is 0. The number of nitrogens with zero attached hydrogens (tertiary/aromatic N) is 3. The Morgan fingerprint density at radius 2 is 1.89 bits per heavy atom. The van der Waals surface area contributed by atoms with Crippen LogP contribution in [-0.4, -0.2) is 54.4 Å². The molecule has 0 radical (unpaired) electrons. The average molecular weight is 266 g/mol. The van der Waals surface area contributed by atoms with Gasteiger partial charge in [-0.15, -0.1) is 10.2 Å². The van der Waals surface area contributed by atoms with E-state index >= 15 is 0 Å². The number of aromatic nitrogens is 2. The summed E-state index contributed by atoms with van der Waals surface area (Å²) in [7, 11) is 2.15. The van der Waals surface area contributed by atoms with Gasteiger partial charge in [-0.1, -0.05) is 0 Å². The minimum Gasteiger partial charge on any atom is -0.422 e. The number of likely N-dealkylation sites (tertiary alicyclic amines) is 1. The van der Waals surface area contributed by atoms with Gasteiger partial charge >= 0.3 is 0 Å². The highest BCUT2D eigenvalue weighted by molar-refractivity contribution is 4.97. The molecule has 0 amide bonds. The number of hydrogen-bond donors (Lipinski definition) is 1. The smallest absolute Gasteiger partial charge is 0.246 e. The predicted octanol–water partition coefficient (Wildman–Crippen LogP) is 0.928. The minimum atomic E-state index is -0.101. The van der Waals surface area contributed by atoms with Gasteiger partial charge in [-0.25, -0.2) is 0 Å². The van der Waals surface area contributed by atoms with Gasteiger partial charge in [0.15, 0.2) is 0 Å². The van der Waals surface area contributed by atoms with Crippen LogP contribution >= 0.6 is 0 Å². The van der Waals surface area contributed by atoms with Crippen LogP contribution < -0.4 is 5.32 Å². The molecule has 1 N–H and O–H groups in total. The Labute approximate surface area is 113 Å². The molecular weight excluding hydrogens is 244 g/mol. The molecule has 0 saturated carbocycles. The van der Waals surface area contributed by atoms with Crippen molar-refractivity contribution in [3.63, 3.8) is 0 Å². The van der Waals surface area contributed by atoms with Gasteiger partial charge in [0.2, 0.25) is 11.8 Å². The van der Waals surface area contributed by atoms with E-state index < -0.39 is 0 Å². The monoisotopic (exact) mass is 266 g/mol. The highest BCUT2D eigenvalue weighted by Crippen LogP contribution is 2.28. The highest BCUT2D eigenvalue weighted by Gasteiger charge is 2.28. The van der Waals surface area contributed by atoms with Crippen molar-refractivity contribution < 1.29 is 9.15 Å². The van der Waals surface area contributed by atoms with Gasteiger partial charge in [-0.2, -0.15) is 0 Å². The normalized spacial score (nSPS) is 30.6. The summed E-state index contributed by atoms with van der Waals surface area (Å²) in [5.74, 6) is 1.81. The van der Waals surface area contributed by atoms with Crippen molar-refractivity contribution in [2.75, 3.05) is 33.2 Å². The largest absolute Gasteiger partial charge is 0.422 e. The van der Waals surface area contributed by atoms with Crippen LogP contribution in [0.1, 0.15) is 43.6 Å². The van der Waals surface area contributed by atoms with Gasteiger partial charge in [-0.3, -0.25) is 0 Å². The Balaban J connectivity index is 1.65. The fourth-order valence-corrected chi connectivity index (χ4v) is 2.74. The summed E-state index contributed by atoms with van der Waals surface area (Å²) in [6, 6.07) is 0. The van der Waals surface area contributed by atoms with Gasteiger partial charge in [0, 0.05) is 19.0 Å². The number of morpholine rings is 1. The third kappa shape index (κ3) is 2.96. The molecule has 2 atom stereocenters. The molecule has 0 aliphatic carbocycles. The van der Waals surface area contributed by atoms with Crippen LogP contribution in [-0.2, 0) is 4.74 Å². The zero-order chi connectivity index (χ0) is 13.2. The first-order valence-electron chi connectivity index (χ1n) is 7.10. The van der Waals surface area contributed by atoms with Crippen LogP contribution in [0.2, 0.25) is 0 Å². The van der Waals surface area contributed by atoms with Crippen LogP contribution in [0.3, 0.4) is 0 Å². The lowest BCUT2D eigenvalue weighted by Gasteiger charge is -2.27. The molecule has 0 aromatic carbocycles. The molecule has 6 heteroatoms. The van der Waals surface area contributed by atoms with Crippen molar-refractivity contribution >= 4 is 0 Å². The molecule has 2 aliphatic heterocycles.